The molecule has 5 rings (SSSR count). The highest BCUT2D eigenvalue weighted by Crippen LogP contribution is 2.36. The lowest BCUT2D eigenvalue weighted by atomic mass is 9.85. The van der Waals surface area contributed by atoms with Crippen LogP contribution >= 0.6 is 0 Å². The van der Waals surface area contributed by atoms with Crippen molar-refractivity contribution in [3.63, 3.8) is 0 Å². The van der Waals surface area contributed by atoms with Crippen molar-refractivity contribution in [2.45, 2.75) is 57.6 Å². The summed E-state index contributed by atoms with van der Waals surface area (Å²) in [6.45, 7) is 3.07. The molecule has 41 heavy (non-hydrogen) atoms. The lowest BCUT2D eigenvalue weighted by Crippen LogP contribution is -2.34. The monoisotopic (exact) mass is 559 g/mol. The number of ether oxygens (including phenoxy) is 3. The van der Waals surface area contributed by atoms with Crippen molar-refractivity contribution in [2.75, 3.05) is 26.3 Å². The Morgan fingerprint density at radius 2 is 1.76 bits per heavy atom. The Morgan fingerprint density at radius 1 is 0.927 bits per heavy atom. The van der Waals surface area contributed by atoms with Crippen LogP contribution in [0.2, 0.25) is 0 Å². The molecule has 0 bridgehead atoms. The number of aliphatic carboxylic acids is 1. The second-order valence-electron chi connectivity index (χ2n) is 10.6. The molecule has 3 aromatic rings. The lowest BCUT2D eigenvalue weighted by molar-refractivity contribution is -0.137. The summed E-state index contributed by atoms with van der Waals surface area (Å²) in [7, 11) is 0. The number of para-hydroxylation sites is 1. The largest absolute Gasteiger partial charge is 0.489 e. The minimum absolute atomic E-state index is 0.160. The molecule has 0 radical (unpaired) electrons. The van der Waals surface area contributed by atoms with Gasteiger partial charge in [-0.3, -0.25) is 9.69 Å². The van der Waals surface area contributed by atoms with E-state index >= 15 is 0 Å². The Morgan fingerprint density at radius 3 is 2.59 bits per heavy atom. The summed E-state index contributed by atoms with van der Waals surface area (Å²) >= 11 is 0. The molecule has 1 aliphatic heterocycles. The number of carboxylic acid groups (broad SMARTS) is 2. The first-order valence-corrected chi connectivity index (χ1v) is 14.4. The molecule has 8 nitrogen and oxygen atoms in total. The van der Waals surface area contributed by atoms with Crippen LogP contribution in [0.4, 0.5) is 0 Å². The fourth-order valence-electron chi connectivity index (χ4n) is 5.77. The molecule has 0 unspecified atom stereocenters. The molecule has 0 amide bonds. The van der Waals surface area contributed by atoms with E-state index in [4.69, 9.17) is 19.3 Å². The highest BCUT2D eigenvalue weighted by Gasteiger charge is 2.27. The van der Waals surface area contributed by atoms with Gasteiger partial charge in [0.15, 0.2) is 11.5 Å². The van der Waals surface area contributed by atoms with Gasteiger partial charge < -0.3 is 24.4 Å². The van der Waals surface area contributed by atoms with E-state index in [2.05, 4.69) is 11.0 Å². The number of carboxylic acids is 2. The summed E-state index contributed by atoms with van der Waals surface area (Å²) in [6.07, 6.45) is 5.19. The Kier molecular flexibility index (Phi) is 9.41. The summed E-state index contributed by atoms with van der Waals surface area (Å²) in [6, 6.07) is 19.6. The van der Waals surface area contributed by atoms with Crippen molar-refractivity contribution in [3.05, 3.63) is 88.5 Å². The number of aryl methyl sites for hydroxylation is 1. The molecule has 0 saturated carbocycles. The summed E-state index contributed by atoms with van der Waals surface area (Å²) in [5.41, 5.74) is 4.71. The molecule has 1 atom stereocenters. The number of fused-ring (bicyclic) bond motifs is 2. The fourth-order valence-corrected chi connectivity index (χ4v) is 5.77. The van der Waals surface area contributed by atoms with E-state index in [0.29, 0.717) is 31.8 Å². The second kappa shape index (κ2) is 13.5. The summed E-state index contributed by atoms with van der Waals surface area (Å²) in [4.78, 5) is 25.1. The number of rotatable bonds is 13. The predicted octanol–water partition coefficient (Wildman–Crippen LogP) is 5.91. The Balaban J connectivity index is 1.29. The second-order valence-corrected chi connectivity index (χ2v) is 10.6. The van der Waals surface area contributed by atoms with Crippen LogP contribution in [-0.4, -0.2) is 53.4 Å². The van der Waals surface area contributed by atoms with Gasteiger partial charge in [0.05, 0.1) is 5.56 Å². The zero-order valence-electron chi connectivity index (χ0n) is 23.2. The van der Waals surface area contributed by atoms with Crippen molar-refractivity contribution in [1.29, 1.82) is 0 Å². The van der Waals surface area contributed by atoms with Gasteiger partial charge in [-0.25, -0.2) is 4.79 Å². The third-order valence-electron chi connectivity index (χ3n) is 7.84. The van der Waals surface area contributed by atoms with Crippen LogP contribution in [0.3, 0.4) is 0 Å². The van der Waals surface area contributed by atoms with Crippen molar-refractivity contribution in [3.8, 4) is 17.2 Å². The molecule has 1 heterocycles. The van der Waals surface area contributed by atoms with E-state index in [0.717, 1.165) is 79.1 Å². The first-order valence-electron chi connectivity index (χ1n) is 14.4. The minimum atomic E-state index is -0.909. The number of hydrogen-bond donors (Lipinski definition) is 2. The van der Waals surface area contributed by atoms with Gasteiger partial charge in [-0.05, 0) is 97.7 Å². The number of aromatic carboxylic acids is 1. The minimum Gasteiger partial charge on any atom is -0.489 e. The SMILES string of the molecule is O=C(O)CCCCN(CCc1ccccc1OCc1ccc2c(c1)OCCO2)[C@@H]1CCCc2cc(C(=O)O)ccc21. The van der Waals surface area contributed by atoms with Crippen LogP contribution in [0.5, 0.6) is 17.2 Å². The van der Waals surface area contributed by atoms with Crippen molar-refractivity contribution < 1.29 is 34.0 Å². The van der Waals surface area contributed by atoms with Gasteiger partial charge in [-0.2, -0.15) is 0 Å². The molecule has 0 saturated heterocycles. The van der Waals surface area contributed by atoms with E-state index in [1.807, 2.05) is 48.5 Å². The first-order chi connectivity index (χ1) is 20.0. The number of carbonyl (C=O) groups is 2. The van der Waals surface area contributed by atoms with Gasteiger partial charge in [0, 0.05) is 19.0 Å². The van der Waals surface area contributed by atoms with E-state index < -0.39 is 11.9 Å². The lowest BCUT2D eigenvalue weighted by Gasteiger charge is -2.36. The van der Waals surface area contributed by atoms with Crippen LogP contribution in [0.1, 0.15) is 70.8 Å². The smallest absolute Gasteiger partial charge is 0.335 e. The Labute approximate surface area is 240 Å². The Hall–Kier alpha value is -4.04. The highest BCUT2D eigenvalue weighted by molar-refractivity contribution is 5.88. The summed E-state index contributed by atoms with van der Waals surface area (Å²) in [5.74, 6) is 0.654. The molecular weight excluding hydrogens is 522 g/mol. The number of benzene rings is 3. The molecule has 216 valence electrons. The van der Waals surface area contributed by atoms with Crippen LogP contribution in [0.15, 0.2) is 60.7 Å². The maximum Gasteiger partial charge on any atom is 0.335 e. The fraction of sp³-hybridized carbons (Fsp3) is 0.394. The molecule has 2 aliphatic rings. The summed E-state index contributed by atoms with van der Waals surface area (Å²) in [5, 5.41) is 18.6. The molecular formula is C33H37NO7. The van der Waals surface area contributed by atoms with Crippen LogP contribution in [0.25, 0.3) is 0 Å². The normalized spacial score (nSPS) is 15.8. The molecule has 0 aromatic heterocycles. The standard InChI is InChI=1S/C33H37NO7/c35-32(36)10-3-4-16-34(28-8-5-7-25-21-26(33(37)38)12-13-27(25)28)17-15-24-6-1-2-9-29(24)41-22-23-11-14-30-31(20-23)40-19-18-39-30/h1-2,6,9,11-14,20-21,28H,3-5,7-8,10,15-19,22H2,(H,35,36)(H,37,38)/t28-/m1/s1. The van der Waals surface area contributed by atoms with Crippen LogP contribution in [0, 0.1) is 0 Å². The maximum atomic E-state index is 11.5. The number of nitrogens with zero attached hydrogens (tertiary/aromatic N) is 1. The molecule has 0 spiro atoms. The summed E-state index contributed by atoms with van der Waals surface area (Å²) < 4.78 is 17.6. The average Bonchev–Trinajstić information content (AvgIpc) is 2.99. The van der Waals surface area contributed by atoms with Crippen molar-refractivity contribution in [2.24, 2.45) is 0 Å². The van der Waals surface area contributed by atoms with Crippen LogP contribution < -0.4 is 14.2 Å². The third kappa shape index (κ3) is 7.38. The van der Waals surface area contributed by atoms with E-state index in [-0.39, 0.29) is 12.5 Å². The highest BCUT2D eigenvalue weighted by atomic mass is 16.6. The van der Waals surface area contributed by atoms with Crippen LogP contribution in [-0.2, 0) is 24.2 Å². The zero-order valence-corrected chi connectivity index (χ0v) is 23.2. The van der Waals surface area contributed by atoms with Crippen molar-refractivity contribution in [1.82, 2.24) is 4.90 Å². The van der Waals surface area contributed by atoms with Gasteiger partial charge in [-0.15, -0.1) is 0 Å². The number of unbranched alkanes of at least 4 members (excludes halogenated alkanes) is 1. The maximum absolute atomic E-state index is 11.5. The zero-order chi connectivity index (χ0) is 28.6. The quantitative estimate of drug-likeness (QED) is 0.249. The van der Waals surface area contributed by atoms with Gasteiger partial charge >= 0.3 is 11.9 Å². The van der Waals surface area contributed by atoms with Gasteiger partial charge in [0.2, 0.25) is 0 Å². The van der Waals surface area contributed by atoms with E-state index in [9.17, 15) is 14.7 Å². The van der Waals surface area contributed by atoms with Crippen molar-refractivity contribution >= 4 is 11.9 Å². The van der Waals surface area contributed by atoms with E-state index in [1.54, 1.807) is 6.07 Å². The molecule has 1 aliphatic carbocycles. The van der Waals surface area contributed by atoms with E-state index in [1.165, 1.54) is 5.56 Å². The molecule has 2 N–H and O–H groups in total. The Bertz CT molecular complexity index is 1370. The number of hydrogen-bond acceptors (Lipinski definition) is 6. The molecule has 3 aromatic carbocycles. The average molecular weight is 560 g/mol. The molecule has 8 heteroatoms. The predicted molar refractivity (Wildman–Crippen MR) is 154 cm³/mol. The first kappa shape index (κ1) is 28.5. The van der Waals surface area contributed by atoms with Gasteiger partial charge in [-0.1, -0.05) is 30.3 Å². The van der Waals surface area contributed by atoms with Gasteiger partial charge in [0.1, 0.15) is 25.6 Å². The van der Waals surface area contributed by atoms with Gasteiger partial charge in [0.25, 0.3) is 0 Å². The molecule has 0 fully saturated rings. The topological polar surface area (TPSA) is 106 Å². The third-order valence-corrected chi connectivity index (χ3v) is 7.84.